The maximum Gasteiger partial charge on any atom is 0.161 e. The smallest absolute Gasteiger partial charge is 0.161 e. The van der Waals surface area contributed by atoms with Crippen LogP contribution in [0.3, 0.4) is 0 Å². The second-order valence-electron chi connectivity index (χ2n) is 3.04. The third-order valence-electron chi connectivity index (χ3n) is 1.81. The minimum atomic E-state index is -0.698. The fourth-order valence-electron chi connectivity index (χ4n) is 0.984. The molecule has 0 aliphatic heterocycles. The number of hydrogen-bond acceptors (Lipinski definition) is 2. The quantitative estimate of drug-likeness (QED) is 0.490. The van der Waals surface area contributed by atoms with Gasteiger partial charge in [0.15, 0.2) is 5.82 Å². The van der Waals surface area contributed by atoms with Crippen LogP contribution >= 0.6 is 50.7 Å². The zero-order valence-electron chi connectivity index (χ0n) is 7.91. The van der Waals surface area contributed by atoms with Crippen molar-refractivity contribution in [2.75, 3.05) is 17.7 Å². The van der Waals surface area contributed by atoms with E-state index >= 15 is 0 Å². The van der Waals surface area contributed by atoms with Crippen LogP contribution < -0.4 is 5.32 Å². The van der Waals surface area contributed by atoms with Gasteiger partial charge in [0.05, 0.1) is 32.2 Å². The molecule has 1 aromatic rings. The Kier molecular flexibility index (Phi) is 5.61. The van der Waals surface area contributed by atoms with Gasteiger partial charge in [-0.1, -0.05) is 23.2 Å². The lowest BCUT2D eigenvalue weighted by Crippen LogP contribution is -2.21. The van der Waals surface area contributed by atoms with Crippen LogP contribution in [0.1, 0.15) is 0 Å². The van der Waals surface area contributed by atoms with Crippen LogP contribution in [0.15, 0.2) is 10.5 Å². The first-order valence-corrected chi connectivity index (χ1v) is 6.36. The number of alkyl halides is 1. The minimum Gasteiger partial charge on any atom is -0.390 e. The molecular weight excluding hydrogens is 343 g/mol. The number of nitrogens with one attached hydrogen (secondary N) is 1. The van der Waals surface area contributed by atoms with E-state index in [9.17, 15) is 9.50 Å². The van der Waals surface area contributed by atoms with E-state index in [1.807, 2.05) is 0 Å². The van der Waals surface area contributed by atoms with E-state index in [-0.39, 0.29) is 22.5 Å². The van der Waals surface area contributed by atoms with Crippen LogP contribution in [-0.2, 0) is 0 Å². The molecule has 1 atom stereocenters. The van der Waals surface area contributed by atoms with E-state index in [2.05, 4.69) is 21.2 Å². The molecule has 0 saturated carbocycles. The van der Waals surface area contributed by atoms with Crippen molar-refractivity contribution in [2.24, 2.45) is 0 Å². The average molecular weight is 351 g/mol. The molecule has 2 N–H and O–H groups in total. The average Bonchev–Trinajstić information content (AvgIpc) is 2.28. The first kappa shape index (κ1) is 14.3. The summed E-state index contributed by atoms with van der Waals surface area (Å²) in [5, 5.41) is 11.9. The molecule has 0 heterocycles. The molecule has 0 amide bonds. The lowest BCUT2D eigenvalue weighted by Gasteiger charge is -2.13. The van der Waals surface area contributed by atoms with Gasteiger partial charge in [-0.05, 0) is 22.0 Å². The highest BCUT2D eigenvalue weighted by Crippen LogP contribution is 2.36. The second kappa shape index (κ2) is 6.26. The molecule has 16 heavy (non-hydrogen) atoms. The Morgan fingerprint density at radius 2 is 2.12 bits per heavy atom. The van der Waals surface area contributed by atoms with Gasteiger partial charge in [0.25, 0.3) is 0 Å². The van der Waals surface area contributed by atoms with Crippen molar-refractivity contribution in [2.45, 2.75) is 6.10 Å². The van der Waals surface area contributed by atoms with Crippen LogP contribution in [0.2, 0.25) is 10.0 Å². The molecule has 0 aliphatic rings. The van der Waals surface area contributed by atoms with Crippen LogP contribution in [0.5, 0.6) is 0 Å². The highest BCUT2D eigenvalue weighted by molar-refractivity contribution is 9.10. The van der Waals surface area contributed by atoms with Crippen molar-refractivity contribution in [3.8, 4) is 0 Å². The van der Waals surface area contributed by atoms with Gasteiger partial charge in [0.2, 0.25) is 0 Å². The SMILES string of the molecule is OC(CCl)CNc1cc(Cl)c(F)c(Cl)c1Br. The summed E-state index contributed by atoms with van der Waals surface area (Å²) in [7, 11) is 0. The number of benzene rings is 1. The predicted octanol–water partition coefficient (Wildman–Crippen LogP) is 3.91. The third-order valence-corrected chi connectivity index (χ3v) is 3.85. The summed E-state index contributed by atoms with van der Waals surface area (Å²) in [6, 6.07) is 1.38. The molecular formula is C9H8BrCl3FNO. The standard InChI is InChI=1S/C9H8BrCl3FNO/c10-7-6(15-3-4(16)2-11)1-5(12)9(14)8(7)13/h1,4,15-16H,2-3H2. The minimum absolute atomic E-state index is 0.0870. The third kappa shape index (κ3) is 3.37. The van der Waals surface area contributed by atoms with Gasteiger partial charge in [-0.3, -0.25) is 0 Å². The molecule has 1 unspecified atom stereocenters. The molecule has 0 radical (unpaired) electrons. The molecule has 90 valence electrons. The van der Waals surface area contributed by atoms with E-state index in [1.165, 1.54) is 6.07 Å². The number of aliphatic hydroxyl groups excluding tert-OH is 1. The predicted molar refractivity (Wildman–Crippen MR) is 69.3 cm³/mol. The van der Waals surface area contributed by atoms with Crippen molar-refractivity contribution in [1.82, 2.24) is 0 Å². The lowest BCUT2D eigenvalue weighted by molar-refractivity contribution is 0.211. The maximum atomic E-state index is 13.2. The summed E-state index contributed by atoms with van der Waals surface area (Å²) in [6.45, 7) is 0.223. The molecule has 2 nitrogen and oxygen atoms in total. The van der Waals surface area contributed by atoms with Crippen LogP contribution in [-0.4, -0.2) is 23.6 Å². The molecule has 1 rings (SSSR count). The Hall–Kier alpha value is 0.260. The first-order chi connectivity index (χ1) is 7.47. The molecule has 0 saturated heterocycles. The summed E-state index contributed by atoms with van der Waals surface area (Å²) in [4.78, 5) is 0. The topological polar surface area (TPSA) is 32.3 Å². The normalized spacial score (nSPS) is 12.6. The first-order valence-electron chi connectivity index (χ1n) is 4.28. The number of rotatable bonds is 4. The fraction of sp³-hybridized carbons (Fsp3) is 0.333. The van der Waals surface area contributed by atoms with E-state index in [0.29, 0.717) is 10.2 Å². The Balaban J connectivity index is 2.89. The van der Waals surface area contributed by atoms with Gasteiger partial charge >= 0.3 is 0 Å². The molecule has 0 aromatic heterocycles. The van der Waals surface area contributed by atoms with Gasteiger partial charge in [0, 0.05) is 6.54 Å². The highest BCUT2D eigenvalue weighted by atomic mass is 79.9. The largest absolute Gasteiger partial charge is 0.390 e. The van der Waals surface area contributed by atoms with Gasteiger partial charge in [-0.2, -0.15) is 0 Å². The highest BCUT2D eigenvalue weighted by Gasteiger charge is 2.14. The van der Waals surface area contributed by atoms with Gasteiger partial charge < -0.3 is 10.4 Å². The van der Waals surface area contributed by atoms with E-state index in [1.54, 1.807) is 0 Å². The van der Waals surface area contributed by atoms with Crippen LogP contribution in [0.25, 0.3) is 0 Å². The Morgan fingerprint density at radius 3 is 2.69 bits per heavy atom. The molecule has 1 aromatic carbocycles. The van der Waals surface area contributed by atoms with Crippen molar-refractivity contribution in [1.29, 1.82) is 0 Å². The number of halogens is 5. The summed E-state index contributed by atoms with van der Waals surface area (Å²) in [5.74, 6) is -0.577. The Bertz CT molecular complexity index is 392. The molecule has 0 fully saturated rings. The van der Waals surface area contributed by atoms with Crippen LogP contribution in [0.4, 0.5) is 10.1 Å². The van der Waals surface area contributed by atoms with Crippen LogP contribution in [0, 0.1) is 5.82 Å². The Morgan fingerprint density at radius 1 is 1.50 bits per heavy atom. The second-order valence-corrected chi connectivity index (χ2v) is 4.92. The lowest BCUT2D eigenvalue weighted by atomic mass is 10.3. The monoisotopic (exact) mass is 349 g/mol. The van der Waals surface area contributed by atoms with E-state index in [4.69, 9.17) is 34.8 Å². The van der Waals surface area contributed by atoms with Crippen molar-refractivity contribution in [3.63, 3.8) is 0 Å². The molecule has 7 heteroatoms. The number of anilines is 1. The van der Waals surface area contributed by atoms with Gasteiger partial charge in [0.1, 0.15) is 0 Å². The molecule has 0 aliphatic carbocycles. The van der Waals surface area contributed by atoms with E-state index < -0.39 is 11.9 Å². The summed E-state index contributed by atoms with van der Waals surface area (Å²) in [6.07, 6.45) is -0.698. The maximum absolute atomic E-state index is 13.2. The van der Waals surface area contributed by atoms with Crippen molar-refractivity contribution in [3.05, 3.63) is 26.4 Å². The number of hydrogen-bond donors (Lipinski definition) is 2. The van der Waals surface area contributed by atoms with Crippen molar-refractivity contribution < 1.29 is 9.50 Å². The summed E-state index contributed by atoms with van der Waals surface area (Å²) < 4.78 is 13.6. The fourth-order valence-corrected chi connectivity index (χ4v) is 1.98. The van der Waals surface area contributed by atoms with Gasteiger partial charge in [-0.15, -0.1) is 11.6 Å². The zero-order valence-corrected chi connectivity index (χ0v) is 11.8. The Labute approximate surface area is 116 Å². The summed E-state index contributed by atoms with van der Waals surface area (Å²) >= 11 is 19.9. The molecule has 0 spiro atoms. The zero-order chi connectivity index (χ0) is 12.3. The van der Waals surface area contributed by atoms with E-state index in [0.717, 1.165) is 0 Å². The number of aliphatic hydroxyl groups is 1. The van der Waals surface area contributed by atoms with Gasteiger partial charge in [-0.25, -0.2) is 4.39 Å². The summed E-state index contributed by atoms with van der Waals surface area (Å²) in [5.41, 5.74) is 0.501. The van der Waals surface area contributed by atoms with Crippen molar-refractivity contribution >= 4 is 56.4 Å². The molecule has 0 bridgehead atoms.